The van der Waals surface area contributed by atoms with Crippen LogP contribution in [0.1, 0.15) is 82.8 Å². The fourth-order valence-corrected chi connectivity index (χ4v) is 7.57. The second-order valence-corrected chi connectivity index (χ2v) is 14.5. The van der Waals surface area contributed by atoms with Crippen molar-refractivity contribution < 1.29 is 33.6 Å². The van der Waals surface area contributed by atoms with Gasteiger partial charge in [-0.25, -0.2) is 4.79 Å². The van der Waals surface area contributed by atoms with E-state index in [-0.39, 0.29) is 37.2 Å². The molecule has 2 aliphatic rings. The van der Waals surface area contributed by atoms with Gasteiger partial charge in [0, 0.05) is 38.3 Å². The van der Waals surface area contributed by atoms with Crippen molar-refractivity contribution in [2.75, 3.05) is 53.6 Å². The summed E-state index contributed by atoms with van der Waals surface area (Å²) in [6.07, 6.45) is 10.2. The molecule has 2 amide bonds. The number of carbonyl (C=O) groups is 2. The summed E-state index contributed by atoms with van der Waals surface area (Å²) in [7, 11) is 3.35. The molecule has 2 aromatic rings. The van der Waals surface area contributed by atoms with E-state index < -0.39 is 6.10 Å². The number of unbranched alkanes of at least 4 members (excludes halogenated alkanes) is 1. The van der Waals surface area contributed by atoms with Crippen molar-refractivity contribution in [2.24, 2.45) is 11.7 Å². The number of hydrogen-bond donors (Lipinski definition) is 3. The van der Waals surface area contributed by atoms with Gasteiger partial charge in [0.2, 0.25) is 5.91 Å². The molecular formula is C40H62N4O7. The molecule has 1 unspecified atom stereocenters. The van der Waals surface area contributed by atoms with Crippen LogP contribution in [0.3, 0.4) is 0 Å². The van der Waals surface area contributed by atoms with Gasteiger partial charge in [0.1, 0.15) is 24.6 Å². The van der Waals surface area contributed by atoms with Gasteiger partial charge < -0.3 is 35.1 Å². The average molecular weight is 711 g/mol. The number of nitrogens with two attached hydrogens (primary N) is 1. The highest BCUT2D eigenvalue weighted by molar-refractivity contribution is 5.76. The molecule has 2 aromatic carbocycles. The van der Waals surface area contributed by atoms with Crippen molar-refractivity contribution in [2.45, 2.75) is 109 Å². The van der Waals surface area contributed by atoms with Crippen molar-refractivity contribution in [1.82, 2.24) is 15.1 Å². The highest BCUT2D eigenvalue weighted by atomic mass is 16.6. The summed E-state index contributed by atoms with van der Waals surface area (Å²) in [6.45, 7) is 8.06. The molecule has 0 aromatic heterocycles. The number of amides is 2. The van der Waals surface area contributed by atoms with Crippen LogP contribution in [0.15, 0.2) is 42.5 Å². The van der Waals surface area contributed by atoms with Gasteiger partial charge in [-0.1, -0.05) is 31.0 Å². The molecule has 284 valence electrons. The van der Waals surface area contributed by atoms with Gasteiger partial charge >= 0.3 is 6.09 Å². The largest absolute Gasteiger partial charge is 0.493 e. The number of nitrogens with zero attached hydrogens (tertiary/aromatic N) is 2. The maximum Gasteiger partial charge on any atom is 0.407 e. The molecule has 4 N–H and O–H groups in total. The minimum Gasteiger partial charge on any atom is -0.493 e. The fraction of sp³-hybridized carbons (Fsp3) is 0.650. The summed E-state index contributed by atoms with van der Waals surface area (Å²) in [4.78, 5) is 28.6. The molecule has 11 nitrogen and oxygen atoms in total. The Morgan fingerprint density at radius 1 is 0.980 bits per heavy atom. The molecule has 0 radical (unpaired) electrons. The summed E-state index contributed by atoms with van der Waals surface area (Å²) in [6, 6.07) is 14.2. The second kappa shape index (κ2) is 21.1. The number of aliphatic hydroxyl groups excluding tert-OH is 1. The number of hydrogen-bond acceptors (Lipinski definition) is 9. The fourth-order valence-electron chi connectivity index (χ4n) is 7.57. The van der Waals surface area contributed by atoms with Crippen LogP contribution in [-0.2, 0) is 22.4 Å². The van der Waals surface area contributed by atoms with Crippen LogP contribution < -0.4 is 25.3 Å². The van der Waals surface area contributed by atoms with Gasteiger partial charge in [0.05, 0.1) is 20.6 Å². The summed E-state index contributed by atoms with van der Waals surface area (Å²) in [5.41, 5.74) is 7.36. The second-order valence-electron chi connectivity index (χ2n) is 14.5. The van der Waals surface area contributed by atoms with Crippen LogP contribution in [0, 0.1) is 5.92 Å². The van der Waals surface area contributed by atoms with Gasteiger partial charge in [-0.3, -0.25) is 14.6 Å². The lowest BCUT2D eigenvalue weighted by Crippen LogP contribution is -2.42. The number of methoxy groups -OCH3 is 2. The number of rotatable bonds is 21. The van der Waals surface area contributed by atoms with Gasteiger partial charge in [-0.05, 0) is 113 Å². The standard InChI is InChI=1S/C40H62N4O7/c1-29(2)43(26-33(45)28-50-34-17-14-31(15-18-34)25-39(41)46)22-8-7-21-42-40(47)51-35-20-23-44(27-35)36-13-6-5-11-32(36)12-9-10-30-16-19-37(48-3)38(24-30)49-4/h14-19,24,29,32-33,35-36,45H,5-13,20-23,25-28H2,1-4H3,(H2,41,46)(H,42,47)/t32-,33?,35+,36+/m0/s1. The average Bonchev–Trinajstić information content (AvgIpc) is 3.58. The number of nitrogens with one attached hydrogen (secondary N) is 1. The normalized spacial score (nSPS) is 19.9. The van der Waals surface area contributed by atoms with E-state index in [0.717, 1.165) is 68.8 Å². The summed E-state index contributed by atoms with van der Waals surface area (Å²) >= 11 is 0. The number of ether oxygens (including phenoxy) is 4. The quantitative estimate of drug-likeness (QED) is 0.147. The highest BCUT2D eigenvalue weighted by Crippen LogP contribution is 2.35. The first-order valence-electron chi connectivity index (χ1n) is 19.0. The van der Waals surface area contributed by atoms with E-state index in [9.17, 15) is 14.7 Å². The zero-order valence-electron chi connectivity index (χ0n) is 31.3. The molecule has 1 aliphatic heterocycles. The molecule has 0 spiro atoms. The SMILES string of the molecule is COc1ccc(CCC[C@@H]2CCCC[C@H]2N2CC[C@@H](OC(=O)NCCCCN(CC(O)COc3ccc(CC(N)=O)cc3)C(C)C)C2)cc1OC. The lowest BCUT2D eigenvalue weighted by Gasteiger charge is -2.38. The molecule has 4 rings (SSSR count). The predicted octanol–water partition coefficient (Wildman–Crippen LogP) is 5.34. The third-order valence-electron chi connectivity index (χ3n) is 10.3. The lowest BCUT2D eigenvalue weighted by atomic mass is 9.80. The number of carbonyl (C=O) groups excluding carboxylic acids is 2. The van der Waals surface area contributed by atoms with E-state index in [0.29, 0.717) is 30.8 Å². The van der Waals surface area contributed by atoms with Gasteiger partial charge in [0.25, 0.3) is 0 Å². The molecule has 11 heteroatoms. The van der Waals surface area contributed by atoms with Crippen LogP contribution in [0.5, 0.6) is 17.2 Å². The molecule has 51 heavy (non-hydrogen) atoms. The van der Waals surface area contributed by atoms with Crippen LogP contribution in [-0.4, -0.2) is 105 Å². The van der Waals surface area contributed by atoms with Crippen molar-refractivity contribution in [3.63, 3.8) is 0 Å². The summed E-state index contributed by atoms with van der Waals surface area (Å²) in [5.74, 6) is 2.49. The Hall–Kier alpha value is -3.54. The van der Waals surface area contributed by atoms with Crippen LogP contribution >= 0.6 is 0 Å². The van der Waals surface area contributed by atoms with Crippen LogP contribution in [0.4, 0.5) is 4.79 Å². The Balaban J connectivity index is 1.10. The zero-order valence-corrected chi connectivity index (χ0v) is 31.3. The summed E-state index contributed by atoms with van der Waals surface area (Å²) < 4.78 is 22.5. The number of benzene rings is 2. The molecule has 4 atom stereocenters. The molecule has 1 saturated carbocycles. The third-order valence-corrected chi connectivity index (χ3v) is 10.3. The number of primary amides is 1. The van der Waals surface area contributed by atoms with Crippen molar-refractivity contribution in [3.05, 3.63) is 53.6 Å². The van der Waals surface area contributed by atoms with E-state index in [4.69, 9.17) is 24.7 Å². The zero-order chi connectivity index (χ0) is 36.6. The summed E-state index contributed by atoms with van der Waals surface area (Å²) in [5, 5.41) is 13.6. The maximum absolute atomic E-state index is 12.7. The smallest absolute Gasteiger partial charge is 0.407 e. The Morgan fingerprint density at radius 3 is 2.45 bits per heavy atom. The molecule has 1 heterocycles. The number of aryl methyl sites for hydroxylation is 1. The molecule has 1 aliphatic carbocycles. The van der Waals surface area contributed by atoms with E-state index in [1.165, 1.54) is 37.7 Å². The Bertz CT molecular complexity index is 1340. The Labute approximate surface area is 305 Å². The molecule has 0 bridgehead atoms. The van der Waals surface area contributed by atoms with E-state index >= 15 is 0 Å². The van der Waals surface area contributed by atoms with Gasteiger partial charge in [-0.15, -0.1) is 0 Å². The molecular weight excluding hydrogens is 648 g/mol. The van der Waals surface area contributed by atoms with E-state index in [1.54, 1.807) is 38.5 Å². The van der Waals surface area contributed by atoms with E-state index in [1.807, 2.05) is 6.07 Å². The minimum atomic E-state index is -0.648. The highest BCUT2D eigenvalue weighted by Gasteiger charge is 2.35. The molecule has 1 saturated heterocycles. The number of alkyl carbamates (subject to hydrolysis) is 1. The van der Waals surface area contributed by atoms with Crippen molar-refractivity contribution in [1.29, 1.82) is 0 Å². The molecule has 2 fully saturated rings. The first kappa shape index (κ1) is 40.2. The monoisotopic (exact) mass is 710 g/mol. The number of aliphatic hydroxyl groups is 1. The third kappa shape index (κ3) is 13.5. The Morgan fingerprint density at radius 2 is 1.73 bits per heavy atom. The minimum absolute atomic E-state index is 0.0624. The number of likely N-dealkylation sites (tertiary alicyclic amines) is 1. The lowest BCUT2D eigenvalue weighted by molar-refractivity contribution is -0.117. The van der Waals surface area contributed by atoms with Gasteiger partial charge in [0.15, 0.2) is 11.5 Å². The van der Waals surface area contributed by atoms with Crippen molar-refractivity contribution >= 4 is 12.0 Å². The first-order chi connectivity index (χ1) is 24.6. The first-order valence-corrected chi connectivity index (χ1v) is 19.0. The topological polar surface area (TPSA) is 136 Å². The Kier molecular flexibility index (Phi) is 16.6. The van der Waals surface area contributed by atoms with Gasteiger partial charge in [-0.2, -0.15) is 0 Å². The van der Waals surface area contributed by atoms with E-state index in [2.05, 4.69) is 41.1 Å². The van der Waals surface area contributed by atoms with Crippen LogP contribution in [0.2, 0.25) is 0 Å². The predicted molar refractivity (Wildman–Crippen MR) is 199 cm³/mol. The van der Waals surface area contributed by atoms with Crippen LogP contribution in [0.25, 0.3) is 0 Å². The maximum atomic E-state index is 12.7. The van der Waals surface area contributed by atoms with Crippen molar-refractivity contribution in [3.8, 4) is 17.2 Å².